The summed E-state index contributed by atoms with van der Waals surface area (Å²) >= 11 is 13.2. The number of nitrogens with zero attached hydrogens (tertiary/aromatic N) is 2. The van der Waals surface area contributed by atoms with Crippen molar-refractivity contribution in [3.63, 3.8) is 0 Å². The van der Waals surface area contributed by atoms with Crippen LogP contribution in [-0.4, -0.2) is 28.4 Å². The first kappa shape index (κ1) is 21.5. The summed E-state index contributed by atoms with van der Waals surface area (Å²) in [6, 6.07) is 14.9. The van der Waals surface area contributed by atoms with E-state index in [-0.39, 0.29) is 11.7 Å². The number of carbonyl (C=O) groups excluding carboxylic acids is 1. The van der Waals surface area contributed by atoms with Crippen molar-refractivity contribution >= 4 is 40.9 Å². The minimum absolute atomic E-state index is 0.0945. The zero-order chi connectivity index (χ0) is 20.6. The van der Waals surface area contributed by atoms with Gasteiger partial charge in [0.25, 0.3) is 11.1 Å². The molecule has 29 heavy (non-hydrogen) atoms. The highest BCUT2D eigenvalue weighted by molar-refractivity contribution is 7.99. The quantitative estimate of drug-likeness (QED) is 0.462. The highest BCUT2D eigenvalue weighted by atomic mass is 35.5. The van der Waals surface area contributed by atoms with E-state index in [0.717, 1.165) is 6.42 Å². The Bertz CT molecular complexity index is 953. The summed E-state index contributed by atoms with van der Waals surface area (Å²) in [6.45, 7) is 2.34. The van der Waals surface area contributed by atoms with E-state index >= 15 is 0 Å². The Morgan fingerprint density at radius 3 is 2.76 bits per heavy atom. The molecule has 0 radical (unpaired) electrons. The van der Waals surface area contributed by atoms with Gasteiger partial charge >= 0.3 is 0 Å². The smallest absolute Gasteiger partial charge is 0.277 e. The van der Waals surface area contributed by atoms with Crippen molar-refractivity contribution in [1.29, 1.82) is 0 Å². The molecule has 9 heteroatoms. The molecule has 3 rings (SSSR count). The highest BCUT2D eigenvalue weighted by Gasteiger charge is 2.18. The summed E-state index contributed by atoms with van der Waals surface area (Å²) in [6.07, 6.45) is 0.277. The van der Waals surface area contributed by atoms with Crippen LogP contribution in [0.25, 0.3) is 0 Å². The second-order valence-electron chi connectivity index (χ2n) is 6.12. The number of benzene rings is 2. The number of rotatable bonds is 9. The number of carbonyl (C=O) groups is 1. The van der Waals surface area contributed by atoms with Crippen LogP contribution in [0.4, 0.5) is 0 Å². The predicted octanol–water partition coefficient (Wildman–Crippen LogP) is 4.97. The lowest BCUT2D eigenvalue weighted by molar-refractivity contribution is -0.118. The van der Waals surface area contributed by atoms with Crippen LogP contribution in [0, 0.1) is 0 Å². The Hall–Kier alpha value is -2.22. The molecular weight excluding hydrogens is 433 g/mol. The van der Waals surface area contributed by atoms with E-state index < -0.39 is 6.10 Å². The van der Waals surface area contributed by atoms with E-state index in [4.69, 9.17) is 32.4 Å². The molecule has 0 saturated heterocycles. The fourth-order valence-corrected chi connectivity index (χ4v) is 3.48. The number of thioether (sulfide) groups is 1. The molecule has 0 spiro atoms. The number of ether oxygens (including phenoxy) is 1. The van der Waals surface area contributed by atoms with Crippen LogP contribution in [-0.2, 0) is 11.2 Å². The molecule has 1 heterocycles. The summed E-state index contributed by atoms with van der Waals surface area (Å²) < 4.78 is 11.3. The summed E-state index contributed by atoms with van der Waals surface area (Å²) in [5, 5.41) is 12.0. The average Bonchev–Trinajstić information content (AvgIpc) is 3.19. The Morgan fingerprint density at radius 2 is 2.00 bits per heavy atom. The van der Waals surface area contributed by atoms with Crippen molar-refractivity contribution < 1.29 is 13.9 Å². The van der Waals surface area contributed by atoms with Crippen LogP contribution in [0.2, 0.25) is 10.0 Å². The molecule has 0 aliphatic heterocycles. The van der Waals surface area contributed by atoms with Gasteiger partial charge in [-0.3, -0.25) is 4.79 Å². The van der Waals surface area contributed by atoms with Gasteiger partial charge in [0, 0.05) is 11.6 Å². The van der Waals surface area contributed by atoms with E-state index in [0.29, 0.717) is 33.5 Å². The third-order valence-corrected chi connectivity index (χ3v) is 5.22. The van der Waals surface area contributed by atoms with Gasteiger partial charge in [0.2, 0.25) is 5.91 Å². The standard InChI is InChI=1S/C20H19Cl2N3O3S/c1-13(27-17-8-7-15(21)11-16(17)22)19-24-25-20(28-19)29-12-18(26)23-10-9-14-5-3-2-4-6-14/h2-8,11,13H,9-10,12H2,1H3,(H,23,26)/t13-/m0/s1. The van der Waals surface area contributed by atoms with Gasteiger partial charge in [-0.15, -0.1) is 10.2 Å². The Morgan fingerprint density at radius 1 is 1.21 bits per heavy atom. The monoisotopic (exact) mass is 451 g/mol. The zero-order valence-corrected chi connectivity index (χ0v) is 17.9. The number of aromatic nitrogens is 2. The van der Waals surface area contributed by atoms with Crippen LogP contribution in [0.15, 0.2) is 58.2 Å². The fraction of sp³-hybridized carbons (Fsp3) is 0.250. The summed E-state index contributed by atoms with van der Waals surface area (Å²) in [7, 11) is 0. The molecule has 6 nitrogen and oxygen atoms in total. The summed E-state index contributed by atoms with van der Waals surface area (Å²) in [5.74, 6) is 0.856. The number of halogens is 2. The molecule has 3 aromatic rings. The van der Waals surface area contributed by atoms with Gasteiger partial charge in [0.15, 0.2) is 6.10 Å². The van der Waals surface area contributed by atoms with Crippen LogP contribution < -0.4 is 10.1 Å². The first-order valence-electron chi connectivity index (χ1n) is 8.90. The maximum atomic E-state index is 12.0. The SMILES string of the molecule is C[C@H](Oc1ccc(Cl)cc1Cl)c1nnc(SCC(=O)NCCc2ccccc2)o1. The topological polar surface area (TPSA) is 77.2 Å². The van der Waals surface area contributed by atoms with E-state index in [2.05, 4.69) is 15.5 Å². The number of nitrogens with one attached hydrogen (secondary N) is 1. The van der Waals surface area contributed by atoms with Gasteiger partial charge < -0.3 is 14.5 Å². The molecule has 0 bridgehead atoms. The largest absolute Gasteiger partial charge is 0.479 e. The predicted molar refractivity (Wildman–Crippen MR) is 114 cm³/mol. The minimum Gasteiger partial charge on any atom is -0.479 e. The maximum Gasteiger partial charge on any atom is 0.277 e. The maximum absolute atomic E-state index is 12.0. The Balaban J connectivity index is 1.44. The molecule has 0 saturated carbocycles. The molecule has 152 valence electrons. The highest BCUT2D eigenvalue weighted by Crippen LogP contribution is 2.31. The molecule has 1 atom stereocenters. The van der Waals surface area contributed by atoms with Crippen LogP contribution in [0.5, 0.6) is 5.75 Å². The normalized spacial score (nSPS) is 11.8. The number of amides is 1. The van der Waals surface area contributed by atoms with Gasteiger partial charge in [0.05, 0.1) is 10.8 Å². The van der Waals surface area contributed by atoms with Crippen molar-refractivity contribution in [1.82, 2.24) is 15.5 Å². The third-order valence-electron chi connectivity index (χ3n) is 3.87. The third kappa shape index (κ3) is 6.66. The molecule has 0 aliphatic carbocycles. The summed E-state index contributed by atoms with van der Waals surface area (Å²) in [4.78, 5) is 12.0. The molecule has 2 aromatic carbocycles. The van der Waals surface area contributed by atoms with Crippen LogP contribution >= 0.6 is 35.0 Å². The molecule has 0 fully saturated rings. The van der Waals surface area contributed by atoms with Gasteiger partial charge in [0.1, 0.15) is 5.75 Å². The molecular formula is C20H19Cl2N3O3S. The van der Waals surface area contributed by atoms with E-state index in [1.54, 1.807) is 25.1 Å². The van der Waals surface area contributed by atoms with Crippen molar-refractivity contribution in [2.24, 2.45) is 0 Å². The van der Waals surface area contributed by atoms with Crippen molar-refractivity contribution in [3.05, 3.63) is 70.0 Å². The molecule has 1 amide bonds. The lowest BCUT2D eigenvalue weighted by Gasteiger charge is -2.12. The first-order chi connectivity index (χ1) is 14.0. The lowest BCUT2D eigenvalue weighted by atomic mass is 10.1. The van der Waals surface area contributed by atoms with E-state index in [1.807, 2.05) is 30.3 Å². The van der Waals surface area contributed by atoms with Crippen LogP contribution in [0.3, 0.4) is 0 Å². The average molecular weight is 452 g/mol. The first-order valence-corrected chi connectivity index (χ1v) is 10.6. The van der Waals surface area contributed by atoms with Crippen LogP contribution in [0.1, 0.15) is 24.5 Å². The second kappa shape index (κ2) is 10.5. The van der Waals surface area contributed by atoms with Crippen molar-refractivity contribution in [2.75, 3.05) is 12.3 Å². The van der Waals surface area contributed by atoms with E-state index in [1.165, 1.54) is 17.3 Å². The Labute approximate surface area is 182 Å². The number of hydrogen-bond acceptors (Lipinski definition) is 6. The van der Waals surface area contributed by atoms with Crippen molar-refractivity contribution in [2.45, 2.75) is 24.7 Å². The molecule has 1 N–H and O–H groups in total. The van der Waals surface area contributed by atoms with Gasteiger partial charge in [-0.25, -0.2) is 0 Å². The van der Waals surface area contributed by atoms with E-state index in [9.17, 15) is 4.79 Å². The zero-order valence-electron chi connectivity index (χ0n) is 15.6. The summed E-state index contributed by atoms with van der Waals surface area (Å²) in [5.41, 5.74) is 1.18. The lowest BCUT2D eigenvalue weighted by Crippen LogP contribution is -2.27. The second-order valence-corrected chi connectivity index (χ2v) is 7.89. The van der Waals surface area contributed by atoms with Gasteiger partial charge in [-0.1, -0.05) is 65.3 Å². The molecule has 1 aromatic heterocycles. The molecule has 0 unspecified atom stereocenters. The van der Waals surface area contributed by atoms with Gasteiger partial charge in [-0.2, -0.15) is 0 Å². The fourth-order valence-electron chi connectivity index (χ4n) is 2.42. The van der Waals surface area contributed by atoms with Gasteiger partial charge in [-0.05, 0) is 37.1 Å². The minimum atomic E-state index is -0.504. The Kier molecular flexibility index (Phi) is 7.80. The van der Waals surface area contributed by atoms with Crippen molar-refractivity contribution in [3.8, 4) is 5.75 Å². The molecule has 0 aliphatic rings. The number of hydrogen-bond donors (Lipinski definition) is 1.